The monoisotopic (exact) mass is 542 g/mol. The minimum Gasteiger partial charge on any atom is -0.378 e. The molecule has 220 valence electrons. The predicted molar refractivity (Wildman–Crippen MR) is 147 cm³/mol. The summed E-state index contributed by atoms with van der Waals surface area (Å²) in [7, 11) is 0. The van der Waals surface area contributed by atoms with Gasteiger partial charge in [0.05, 0.1) is 12.2 Å². The fourth-order valence-electron chi connectivity index (χ4n) is 8.52. The lowest BCUT2D eigenvalue weighted by molar-refractivity contribution is -0.0821. The van der Waals surface area contributed by atoms with Crippen LogP contribution in [0.5, 0.6) is 0 Å². The Hall–Kier alpha value is -0.580. The lowest BCUT2D eigenvalue weighted by atomic mass is 9.68. The average molecular weight is 543 g/mol. The number of alkyl halides is 3. The summed E-state index contributed by atoms with van der Waals surface area (Å²) < 4.78 is 57.8. The Morgan fingerprint density at radius 3 is 1.68 bits per heavy atom. The molecule has 0 amide bonds. The molecule has 1 saturated heterocycles. The number of rotatable bonds is 10. The van der Waals surface area contributed by atoms with Gasteiger partial charge in [0.15, 0.2) is 0 Å². The molecule has 1 aliphatic heterocycles. The summed E-state index contributed by atoms with van der Waals surface area (Å²) in [6, 6.07) is 0. The van der Waals surface area contributed by atoms with Crippen LogP contribution in [0.4, 0.5) is 17.6 Å². The van der Waals surface area contributed by atoms with Gasteiger partial charge in [-0.15, -0.1) is 0 Å². The van der Waals surface area contributed by atoms with Gasteiger partial charge < -0.3 is 4.74 Å². The zero-order valence-electron chi connectivity index (χ0n) is 24.0. The van der Waals surface area contributed by atoms with Crippen LogP contribution in [0.2, 0.25) is 0 Å². The van der Waals surface area contributed by atoms with E-state index in [1.807, 2.05) is 0 Å². The summed E-state index contributed by atoms with van der Waals surface area (Å²) in [6.07, 6.45) is 20.3. The molecule has 5 heteroatoms. The summed E-state index contributed by atoms with van der Waals surface area (Å²) in [5.41, 5.74) is 0. The second-order valence-electron chi connectivity index (χ2n) is 13.6. The molecule has 0 spiro atoms. The van der Waals surface area contributed by atoms with Gasteiger partial charge >= 0.3 is 6.18 Å². The molecule has 0 bridgehead atoms. The molecule has 0 N–H and O–H groups in total. The quantitative estimate of drug-likeness (QED) is 0.197. The van der Waals surface area contributed by atoms with Gasteiger partial charge in [0, 0.05) is 12.5 Å². The lowest BCUT2D eigenvalue weighted by Gasteiger charge is -2.39. The molecule has 3 saturated carbocycles. The van der Waals surface area contributed by atoms with Crippen LogP contribution >= 0.6 is 0 Å². The third kappa shape index (κ3) is 9.51. The Kier molecular flexibility index (Phi) is 11.9. The van der Waals surface area contributed by atoms with Gasteiger partial charge in [0.25, 0.3) is 0 Å². The van der Waals surface area contributed by atoms with E-state index in [1.54, 1.807) is 0 Å². The van der Waals surface area contributed by atoms with E-state index in [2.05, 4.69) is 6.92 Å². The Morgan fingerprint density at radius 1 is 0.658 bits per heavy atom. The van der Waals surface area contributed by atoms with Crippen molar-refractivity contribution in [3.63, 3.8) is 0 Å². The van der Waals surface area contributed by atoms with Crippen molar-refractivity contribution in [3.05, 3.63) is 11.9 Å². The Labute approximate surface area is 229 Å². The molecule has 1 heterocycles. The molecule has 4 aliphatic rings. The highest BCUT2D eigenvalue weighted by atomic mass is 19.4. The molecule has 38 heavy (non-hydrogen) atoms. The fraction of sp³-hybridized carbons (Fsp3) is 0.939. The van der Waals surface area contributed by atoms with E-state index in [4.69, 9.17) is 4.74 Å². The summed E-state index contributed by atoms with van der Waals surface area (Å²) in [5, 5.41) is 0. The first-order chi connectivity index (χ1) is 18.3. The Bertz CT molecular complexity index is 686. The van der Waals surface area contributed by atoms with E-state index in [9.17, 15) is 17.6 Å². The fourth-order valence-corrected chi connectivity index (χ4v) is 8.52. The molecule has 0 aromatic rings. The van der Waals surface area contributed by atoms with Crippen LogP contribution in [-0.2, 0) is 4.74 Å². The molecule has 0 aromatic heterocycles. The van der Waals surface area contributed by atoms with Crippen LogP contribution in [0.3, 0.4) is 0 Å². The third-order valence-electron chi connectivity index (χ3n) is 11.0. The normalized spacial score (nSPS) is 37.8. The van der Waals surface area contributed by atoms with Gasteiger partial charge in [-0.2, -0.15) is 13.2 Å². The van der Waals surface area contributed by atoms with Crippen molar-refractivity contribution in [2.24, 2.45) is 41.4 Å². The van der Waals surface area contributed by atoms with Gasteiger partial charge in [-0.3, -0.25) is 0 Å². The van der Waals surface area contributed by atoms with Gasteiger partial charge in [-0.25, -0.2) is 4.39 Å². The van der Waals surface area contributed by atoms with Crippen molar-refractivity contribution < 1.29 is 22.3 Å². The second-order valence-corrected chi connectivity index (χ2v) is 13.6. The highest BCUT2D eigenvalue weighted by molar-refractivity contribution is 5.03. The van der Waals surface area contributed by atoms with E-state index in [0.717, 1.165) is 43.1 Å². The maximum Gasteiger partial charge on any atom is 0.412 e. The molecule has 0 aromatic carbocycles. The van der Waals surface area contributed by atoms with E-state index in [0.29, 0.717) is 30.8 Å². The number of halogens is 4. The van der Waals surface area contributed by atoms with Crippen molar-refractivity contribution in [2.75, 3.05) is 6.61 Å². The van der Waals surface area contributed by atoms with Crippen molar-refractivity contribution >= 4 is 0 Å². The predicted octanol–water partition coefficient (Wildman–Crippen LogP) is 11.0. The lowest BCUT2D eigenvalue weighted by Crippen LogP contribution is -2.34. The van der Waals surface area contributed by atoms with Gasteiger partial charge in [0.1, 0.15) is 5.83 Å². The maximum absolute atomic E-state index is 14.0. The van der Waals surface area contributed by atoms with Crippen LogP contribution in [0.15, 0.2) is 11.9 Å². The largest absolute Gasteiger partial charge is 0.412 e. The van der Waals surface area contributed by atoms with E-state index in [-0.39, 0.29) is 6.08 Å². The second kappa shape index (κ2) is 14.9. The SMILES string of the molecule is CCCCCC1CCC(C2CCC(CCC3CCC(C4CCC(C(F)=CC(F)(F)F)CC4)CC3)CC2)OC1. The third-order valence-corrected chi connectivity index (χ3v) is 11.0. The Balaban J connectivity index is 1.06. The van der Waals surface area contributed by atoms with Crippen LogP contribution in [-0.4, -0.2) is 18.9 Å². The van der Waals surface area contributed by atoms with Gasteiger partial charge in [0.2, 0.25) is 0 Å². The number of hydrogen-bond donors (Lipinski definition) is 0. The number of unbranched alkanes of at least 4 members (excludes halogenated alkanes) is 2. The summed E-state index contributed by atoms with van der Waals surface area (Å²) >= 11 is 0. The topological polar surface area (TPSA) is 9.23 Å². The smallest absolute Gasteiger partial charge is 0.378 e. The first-order valence-electron chi connectivity index (χ1n) is 16.4. The molecular formula is C33H54F4O. The van der Waals surface area contributed by atoms with Crippen LogP contribution in [0.25, 0.3) is 0 Å². The number of ether oxygens (including phenoxy) is 1. The molecule has 0 radical (unpaired) electrons. The molecule has 1 nitrogen and oxygen atoms in total. The minimum atomic E-state index is -4.54. The average Bonchev–Trinajstić information content (AvgIpc) is 2.92. The zero-order valence-corrected chi connectivity index (χ0v) is 24.0. The van der Waals surface area contributed by atoms with E-state index < -0.39 is 17.9 Å². The van der Waals surface area contributed by atoms with Crippen LogP contribution in [0.1, 0.15) is 135 Å². The standard InChI is InChI=1S/C33H54F4O/c1-2-3-4-5-26-12-21-32(38-23-26)30-15-10-25(11-16-30)7-6-24-8-13-27(14-9-24)28-17-19-29(20-18-28)31(34)22-33(35,36)37/h22,24-30,32H,2-21,23H2,1H3. The summed E-state index contributed by atoms with van der Waals surface area (Å²) in [5.74, 6) is 3.20. The minimum absolute atomic E-state index is 0.121. The molecule has 4 fully saturated rings. The van der Waals surface area contributed by atoms with Crippen molar-refractivity contribution in [1.29, 1.82) is 0 Å². The van der Waals surface area contributed by atoms with Gasteiger partial charge in [-0.1, -0.05) is 64.7 Å². The van der Waals surface area contributed by atoms with E-state index >= 15 is 0 Å². The highest BCUT2D eigenvalue weighted by Crippen LogP contribution is 2.45. The maximum atomic E-state index is 14.0. The zero-order chi connectivity index (χ0) is 27.0. The number of hydrogen-bond acceptors (Lipinski definition) is 1. The Morgan fingerprint density at radius 2 is 1.18 bits per heavy atom. The molecular weight excluding hydrogens is 488 g/mol. The summed E-state index contributed by atoms with van der Waals surface area (Å²) in [4.78, 5) is 0. The first kappa shape index (κ1) is 30.4. The molecule has 2 unspecified atom stereocenters. The first-order valence-corrected chi connectivity index (χ1v) is 16.4. The van der Waals surface area contributed by atoms with Crippen LogP contribution < -0.4 is 0 Å². The molecule has 2 atom stereocenters. The van der Waals surface area contributed by atoms with Crippen molar-refractivity contribution in [3.8, 4) is 0 Å². The van der Waals surface area contributed by atoms with Crippen LogP contribution in [0, 0.1) is 41.4 Å². The highest BCUT2D eigenvalue weighted by Gasteiger charge is 2.35. The molecule has 3 aliphatic carbocycles. The van der Waals surface area contributed by atoms with Gasteiger partial charge in [-0.05, 0) is 106 Å². The number of allylic oxidation sites excluding steroid dienone is 2. The summed E-state index contributed by atoms with van der Waals surface area (Å²) in [6.45, 7) is 3.28. The van der Waals surface area contributed by atoms with E-state index in [1.165, 1.54) is 103 Å². The van der Waals surface area contributed by atoms with Crippen molar-refractivity contribution in [2.45, 2.75) is 148 Å². The van der Waals surface area contributed by atoms with Crippen molar-refractivity contribution in [1.82, 2.24) is 0 Å². The molecule has 4 rings (SSSR count).